The molecule has 4 aromatic heterocycles. The van der Waals surface area contributed by atoms with Gasteiger partial charge in [-0.15, -0.1) is 54.1 Å². The van der Waals surface area contributed by atoms with Gasteiger partial charge in [0.05, 0.1) is 5.58 Å². The van der Waals surface area contributed by atoms with E-state index in [1.165, 1.54) is 24.5 Å². The fourth-order valence-electron chi connectivity index (χ4n) is 3.46. The Bertz CT molecular complexity index is 1870. The zero-order valence-corrected chi connectivity index (χ0v) is 20.6. The van der Waals surface area contributed by atoms with Crippen molar-refractivity contribution in [3.8, 4) is 22.5 Å². The number of aromatic nitrogens is 3. The van der Waals surface area contributed by atoms with E-state index < -0.39 is 20.6 Å². The van der Waals surface area contributed by atoms with Gasteiger partial charge in [-0.05, 0) is 55.2 Å². The molecule has 0 fully saturated rings. The summed E-state index contributed by atoms with van der Waals surface area (Å²) in [5.74, 6) is 0. The molecular formula is C30H23IrN3O-2. The van der Waals surface area contributed by atoms with Gasteiger partial charge in [-0.2, -0.15) is 0 Å². The Labute approximate surface area is 231 Å². The standard InChI is InChI=1S/C18H13N2O.C12H10N.Ir/c1-11-6-9-16(19-10-11)15-5-3-4-13-14-8-7-12(2)20-18(14)21-17(13)15;1-10-7-8-12(13-9-10)11-5-3-2-4-6-11;/h3-4,6-10H,1-2H3;2-5,7-9H,1H3;/q2*-1;/i1D3,2D3;1D3;. The average molecular weight is 643 g/mol. The molecule has 1 radical (unpaired) electrons. The molecule has 4 nitrogen and oxygen atoms in total. The third-order valence-corrected chi connectivity index (χ3v) is 5.07. The van der Waals surface area contributed by atoms with E-state index >= 15 is 0 Å². The molecule has 2 aromatic carbocycles. The Morgan fingerprint density at radius 1 is 0.743 bits per heavy atom. The van der Waals surface area contributed by atoms with E-state index in [0.717, 1.165) is 16.6 Å². The van der Waals surface area contributed by atoms with Crippen molar-refractivity contribution in [2.45, 2.75) is 20.6 Å². The van der Waals surface area contributed by atoms with Gasteiger partial charge in [0.15, 0.2) is 0 Å². The second-order valence-corrected chi connectivity index (χ2v) is 7.39. The second kappa shape index (κ2) is 10.7. The maximum absolute atomic E-state index is 7.50. The van der Waals surface area contributed by atoms with E-state index in [1.807, 2.05) is 18.2 Å². The molecule has 5 heteroatoms. The first-order chi connectivity index (χ1) is 20.2. The predicted molar refractivity (Wildman–Crippen MR) is 136 cm³/mol. The van der Waals surface area contributed by atoms with Gasteiger partial charge >= 0.3 is 0 Å². The number of rotatable bonds is 2. The molecule has 0 atom stereocenters. The number of fused-ring (bicyclic) bond motifs is 3. The van der Waals surface area contributed by atoms with Crippen LogP contribution >= 0.6 is 0 Å². The summed E-state index contributed by atoms with van der Waals surface area (Å²) in [7, 11) is 0. The summed E-state index contributed by atoms with van der Waals surface area (Å²) in [5, 5.41) is 1.44. The Kier molecular flexibility index (Phi) is 4.71. The van der Waals surface area contributed by atoms with Crippen molar-refractivity contribution in [2.24, 2.45) is 0 Å². The van der Waals surface area contributed by atoms with Crippen molar-refractivity contribution >= 4 is 22.1 Å². The molecule has 6 aromatic rings. The number of nitrogens with zero attached hydrogens (tertiary/aromatic N) is 3. The molecular weight excluding hydrogens is 611 g/mol. The maximum atomic E-state index is 7.50. The molecule has 4 heterocycles. The zero-order valence-electron chi connectivity index (χ0n) is 27.2. The van der Waals surface area contributed by atoms with E-state index in [9.17, 15) is 0 Å². The minimum Gasteiger partial charge on any atom is -0.486 e. The SMILES string of the molecule is [2H]C([2H])([2H])c1ccc(-c2[c-]ccc3c2oc2nc(C([2H])([2H])[2H])ccc23)nc1.[2H]C([2H])([2H])c1ccc(-c2[c-]cccc2)nc1.[Ir]. The van der Waals surface area contributed by atoms with Crippen LogP contribution in [0.4, 0.5) is 0 Å². The molecule has 175 valence electrons. The van der Waals surface area contributed by atoms with Crippen LogP contribution in [0.3, 0.4) is 0 Å². The number of hydrogen-bond acceptors (Lipinski definition) is 4. The van der Waals surface area contributed by atoms with Gasteiger partial charge in [0, 0.05) is 55.9 Å². The number of aryl methyl sites for hydroxylation is 3. The van der Waals surface area contributed by atoms with Crippen LogP contribution in [0.15, 0.2) is 89.6 Å². The van der Waals surface area contributed by atoms with Crippen LogP contribution in [0.1, 0.15) is 29.2 Å². The summed E-state index contributed by atoms with van der Waals surface area (Å²) >= 11 is 0. The molecule has 35 heavy (non-hydrogen) atoms. The van der Waals surface area contributed by atoms with Crippen LogP contribution in [0.2, 0.25) is 0 Å². The Balaban J connectivity index is 0.000000223. The number of furan rings is 1. The van der Waals surface area contributed by atoms with E-state index in [-0.39, 0.29) is 42.6 Å². The summed E-state index contributed by atoms with van der Waals surface area (Å²) in [6, 6.07) is 26.6. The minimum absolute atomic E-state index is 0. The number of pyridine rings is 3. The van der Waals surface area contributed by atoms with Crippen LogP contribution < -0.4 is 0 Å². The first-order valence-electron chi connectivity index (χ1n) is 14.9. The largest absolute Gasteiger partial charge is 0.486 e. The van der Waals surface area contributed by atoms with Crippen LogP contribution in [0, 0.1) is 32.7 Å². The van der Waals surface area contributed by atoms with Crippen molar-refractivity contribution in [2.75, 3.05) is 0 Å². The molecule has 0 saturated carbocycles. The van der Waals surface area contributed by atoms with Gasteiger partial charge in [-0.3, -0.25) is 0 Å². The molecule has 0 aliphatic carbocycles. The van der Waals surface area contributed by atoms with Crippen LogP contribution in [0.25, 0.3) is 44.6 Å². The first kappa shape index (κ1) is 15.4. The van der Waals surface area contributed by atoms with Crippen molar-refractivity contribution in [1.82, 2.24) is 15.0 Å². The van der Waals surface area contributed by atoms with Crippen LogP contribution in [-0.4, -0.2) is 15.0 Å². The van der Waals surface area contributed by atoms with Gasteiger partial charge < -0.3 is 14.4 Å². The average Bonchev–Trinajstić information content (AvgIpc) is 3.35. The third-order valence-electron chi connectivity index (χ3n) is 5.07. The van der Waals surface area contributed by atoms with Crippen molar-refractivity contribution in [3.63, 3.8) is 0 Å². The van der Waals surface area contributed by atoms with Crippen LogP contribution in [-0.2, 0) is 20.1 Å². The summed E-state index contributed by atoms with van der Waals surface area (Å²) in [6.07, 6.45) is 2.70. The minimum atomic E-state index is -2.32. The second-order valence-electron chi connectivity index (χ2n) is 7.39. The molecule has 0 N–H and O–H groups in total. The molecule has 0 saturated heterocycles. The maximum Gasteiger partial charge on any atom is 0.216 e. The van der Waals surface area contributed by atoms with E-state index in [2.05, 4.69) is 27.1 Å². The molecule has 0 amide bonds. The predicted octanol–water partition coefficient (Wildman–Crippen LogP) is 7.31. The molecule has 6 rings (SSSR count). The fourth-order valence-corrected chi connectivity index (χ4v) is 3.46. The van der Waals surface area contributed by atoms with Gasteiger partial charge in [0.1, 0.15) is 0 Å². The van der Waals surface area contributed by atoms with Gasteiger partial charge in [0.25, 0.3) is 0 Å². The number of benzene rings is 2. The summed E-state index contributed by atoms with van der Waals surface area (Å²) in [5.41, 5.74) is 3.70. The zero-order chi connectivity index (χ0) is 31.0. The molecule has 0 spiro atoms. The summed E-state index contributed by atoms with van der Waals surface area (Å²) in [6.45, 7) is -6.64. The molecule has 0 aliphatic rings. The van der Waals surface area contributed by atoms with E-state index in [4.69, 9.17) is 16.8 Å². The van der Waals surface area contributed by atoms with Gasteiger partial charge in [0.2, 0.25) is 5.71 Å². The summed E-state index contributed by atoms with van der Waals surface area (Å²) < 4.78 is 72.3. The molecule has 0 bridgehead atoms. The summed E-state index contributed by atoms with van der Waals surface area (Å²) in [4.78, 5) is 12.5. The Hall–Kier alpha value is -3.66. The number of hydrogen-bond donors (Lipinski definition) is 0. The molecule has 0 aliphatic heterocycles. The smallest absolute Gasteiger partial charge is 0.216 e. The topological polar surface area (TPSA) is 51.8 Å². The first-order valence-corrected chi connectivity index (χ1v) is 10.4. The third kappa shape index (κ3) is 5.37. The molecule has 0 unspecified atom stereocenters. The normalized spacial score (nSPS) is 15.4. The Morgan fingerprint density at radius 3 is 2.20 bits per heavy atom. The van der Waals surface area contributed by atoms with Crippen molar-refractivity contribution in [3.05, 3.63) is 114 Å². The van der Waals surface area contributed by atoms with Gasteiger partial charge in [-0.25, -0.2) is 4.98 Å². The van der Waals surface area contributed by atoms with E-state index in [1.54, 1.807) is 42.5 Å². The quantitative estimate of drug-likeness (QED) is 0.186. The van der Waals surface area contributed by atoms with Gasteiger partial charge in [-0.1, -0.05) is 35.2 Å². The van der Waals surface area contributed by atoms with E-state index in [0.29, 0.717) is 22.2 Å². The Morgan fingerprint density at radius 2 is 1.54 bits per heavy atom. The monoisotopic (exact) mass is 643 g/mol. The van der Waals surface area contributed by atoms with Crippen LogP contribution in [0.5, 0.6) is 0 Å². The van der Waals surface area contributed by atoms with Crippen molar-refractivity contribution in [1.29, 1.82) is 0 Å². The fraction of sp³-hybridized carbons (Fsp3) is 0.100. The van der Waals surface area contributed by atoms with Crippen molar-refractivity contribution < 1.29 is 36.9 Å².